The maximum absolute atomic E-state index is 3.96. The van der Waals surface area contributed by atoms with E-state index in [1.165, 1.54) is 47.8 Å². The van der Waals surface area contributed by atoms with Crippen LogP contribution in [-0.4, -0.2) is 6.04 Å². The summed E-state index contributed by atoms with van der Waals surface area (Å²) in [5.41, 5.74) is 1.62. The second-order valence-electron chi connectivity index (χ2n) is 6.01. The van der Waals surface area contributed by atoms with Gasteiger partial charge in [-0.1, -0.05) is 19.8 Å². The Labute approximate surface area is 128 Å². The lowest BCUT2D eigenvalue weighted by molar-refractivity contribution is 0.272. The highest BCUT2D eigenvalue weighted by molar-refractivity contribution is 14.1. The van der Waals surface area contributed by atoms with Gasteiger partial charge in [0.15, 0.2) is 0 Å². The summed E-state index contributed by atoms with van der Waals surface area (Å²) in [5, 5.41) is 3.96. The van der Waals surface area contributed by atoms with Crippen molar-refractivity contribution in [1.29, 1.82) is 0 Å². The fourth-order valence-corrected chi connectivity index (χ4v) is 5.68. The van der Waals surface area contributed by atoms with Crippen LogP contribution in [0.25, 0.3) is 0 Å². The summed E-state index contributed by atoms with van der Waals surface area (Å²) in [7, 11) is 0. The average Bonchev–Trinajstić information content (AvgIpc) is 2.71. The molecule has 100 valence electrons. The Morgan fingerprint density at radius 1 is 1.28 bits per heavy atom. The minimum atomic E-state index is 0.642. The number of hydrogen-bond acceptors (Lipinski definition) is 2. The van der Waals surface area contributed by atoms with Gasteiger partial charge in [0.05, 0.1) is 2.88 Å². The second-order valence-corrected chi connectivity index (χ2v) is 9.04. The molecule has 0 saturated heterocycles. The quantitative estimate of drug-likeness (QED) is 0.726. The molecule has 0 spiro atoms. The van der Waals surface area contributed by atoms with E-state index in [1.54, 1.807) is 10.4 Å². The Morgan fingerprint density at radius 3 is 3.00 bits per heavy atom. The zero-order chi connectivity index (χ0) is 12.5. The molecule has 1 fully saturated rings. The minimum Gasteiger partial charge on any atom is -0.307 e. The first-order chi connectivity index (χ1) is 8.72. The van der Waals surface area contributed by atoms with Crippen molar-refractivity contribution in [3.05, 3.63) is 19.4 Å². The van der Waals surface area contributed by atoms with Gasteiger partial charge in [0.25, 0.3) is 0 Å². The molecule has 3 atom stereocenters. The van der Waals surface area contributed by atoms with Crippen molar-refractivity contribution in [2.24, 2.45) is 5.92 Å². The van der Waals surface area contributed by atoms with Crippen LogP contribution in [0, 0.1) is 8.80 Å². The number of thiophene rings is 1. The van der Waals surface area contributed by atoms with E-state index in [9.17, 15) is 0 Å². The molecule has 0 aromatic carbocycles. The topological polar surface area (TPSA) is 12.0 Å². The molecule has 1 N–H and O–H groups in total. The molecule has 0 radical (unpaired) electrons. The van der Waals surface area contributed by atoms with Gasteiger partial charge in [-0.15, -0.1) is 11.3 Å². The molecule has 3 unspecified atom stereocenters. The normalized spacial score (nSPS) is 32.2. The van der Waals surface area contributed by atoms with Crippen molar-refractivity contribution < 1.29 is 0 Å². The first-order valence-corrected chi connectivity index (χ1v) is 9.16. The van der Waals surface area contributed by atoms with Crippen molar-refractivity contribution in [3.8, 4) is 0 Å². The first kappa shape index (κ1) is 13.4. The number of fused-ring (bicyclic) bond motifs is 1. The molecule has 0 bridgehead atoms. The standard InChI is InChI=1S/C15H22INS/c1-10-4-2-5-11(8-10)17-13-6-3-7-14-12(13)9-15(16)18-14/h9-11,13,17H,2-8H2,1H3. The molecule has 1 saturated carbocycles. The fraction of sp³-hybridized carbons (Fsp3) is 0.733. The Kier molecular flexibility index (Phi) is 4.31. The Hall–Kier alpha value is 0.390. The summed E-state index contributed by atoms with van der Waals surface area (Å²) >= 11 is 4.48. The van der Waals surface area contributed by atoms with Gasteiger partial charge < -0.3 is 5.32 Å². The second kappa shape index (κ2) is 5.80. The van der Waals surface area contributed by atoms with Crippen LogP contribution < -0.4 is 5.32 Å². The summed E-state index contributed by atoms with van der Waals surface area (Å²) < 4.78 is 1.46. The lowest BCUT2D eigenvalue weighted by Crippen LogP contribution is -2.37. The van der Waals surface area contributed by atoms with Crippen LogP contribution in [0.2, 0.25) is 0 Å². The monoisotopic (exact) mass is 375 g/mol. The highest BCUT2D eigenvalue weighted by Crippen LogP contribution is 2.37. The number of nitrogens with one attached hydrogen (secondary N) is 1. The highest BCUT2D eigenvalue weighted by Gasteiger charge is 2.26. The van der Waals surface area contributed by atoms with Crippen molar-refractivity contribution >= 4 is 33.9 Å². The maximum Gasteiger partial charge on any atom is 0.0659 e. The number of aryl methyl sites for hydroxylation is 1. The summed E-state index contributed by atoms with van der Waals surface area (Å²) in [6.45, 7) is 2.41. The van der Waals surface area contributed by atoms with Crippen molar-refractivity contribution in [2.45, 2.75) is 64.0 Å². The third-order valence-corrected chi connectivity index (χ3v) is 6.43. The van der Waals surface area contributed by atoms with Crippen LogP contribution in [0.4, 0.5) is 0 Å². The van der Waals surface area contributed by atoms with E-state index in [1.807, 2.05) is 11.3 Å². The van der Waals surface area contributed by atoms with Crippen LogP contribution in [0.5, 0.6) is 0 Å². The molecule has 0 aliphatic heterocycles. The molecular weight excluding hydrogens is 353 g/mol. The van der Waals surface area contributed by atoms with Crippen LogP contribution >= 0.6 is 33.9 Å². The Balaban J connectivity index is 1.70. The van der Waals surface area contributed by atoms with E-state index in [-0.39, 0.29) is 0 Å². The van der Waals surface area contributed by atoms with Crippen LogP contribution in [0.1, 0.15) is 61.9 Å². The first-order valence-electron chi connectivity index (χ1n) is 7.26. The van der Waals surface area contributed by atoms with Crippen molar-refractivity contribution in [2.75, 3.05) is 0 Å². The van der Waals surface area contributed by atoms with E-state index in [0.717, 1.165) is 12.0 Å². The van der Waals surface area contributed by atoms with Gasteiger partial charge in [0.2, 0.25) is 0 Å². The lowest BCUT2D eigenvalue weighted by atomic mass is 9.85. The largest absolute Gasteiger partial charge is 0.307 e. The SMILES string of the molecule is CC1CCCC(NC2CCCc3sc(I)cc32)C1. The van der Waals surface area contributed by atoms with Gasteiger partial charge in [-0.05, 0) is 72.2 Å². The zero-order valence-corrected chi connectivity index (χ0v) is 14.0. The molecule has 3 rings (SSSR count). The molecule has 1 aromatic heterocycles. The molecule has 1 nitrogen and oxygen atoms in total. The predicted octanol–water partition coefficient (Wildman–Crippen LogP) is 4.90. The smallest absolute Gasteiger partial charge is 0.0659 e. The summed E-state index contributed by atoms with van der Waals surface area (Å²) in [5.74, 6) is 0.918. The third-order valence-electron chi connectivity index (χ3n) is 4.46. The van der Waals surface area contributed by atoms with Crippen molar-refractivity contribution in [1.82, 2.24) is 5.32 Å². The van der Waals surface area contributed by atoms with Gasteiger partial charge in [-0.2, -0.15) is 0 Å². The molecule has 0 amide bonds. The van der Waals surface area contributed by atoms with Gasteiger partial charge in [0.1, 0.15) is 0 Å². The molecule has 2 aliphatic carbocycles. The van der Waals surface area contributed by atoms with E-state index in [4.69, 9.17) is 0 Å². The van der Waals surface area contributed by atoms with Crippen LogP contribution in [0.15, 0.2) is 6.07 Å². The number of hydrogen-bond donors (Lipinski definition) is 1. The molecule has 1 heterocycles. The predicted molar refractivity (Wildman–Crippen MR) is 87.3 cm³/mol. The number of rotatable bonds is 2. The molecule has 2 aliphatic rings. The fourth-order valence-electron chi connectivity index (χ4n) is 3.56. The van der Waals surface area contributed by atoms with Crippen LogP contribution in [-0.2, 0) is 6.42 Å². The highest BCUT2D eigenvalue weighted by atomic mass is 127. The molecule has 1 aromatic rings. The van der Waals surface area contributed by atoms with E-state index >= 15 is 0 Å². The number of halogens is 1. The van der Waals surface area contributed by atoms with Gasteiger partial charge in [0, 0.05) is 17.0 Å². The average molecular weight is 375 g/mol. The summed E-state index contributed by atoms with van der Waals surface area (Å²) in [6.07, 6.45) is 9.63. The van der Waals surface area contributed by atoms with Gasteiger partial charge >= 0.3 is 0 Å². The van der Waals surface area contributed by atoms with Crippen molar-refractivity contribution in [3.63, 3.8) is 0 Å². The molecule has 18 heavy (non-hydrogen) atoms. The van der Waals surface area contributed by atoms with E-state index in [0.29, 0.717) is 6.04 Å². The minimum absolute atomic E-state index is 0.642. The summed E-state index contributed by atoms with van der Waals surface area (Å²) in [6, 6.07) is 3.83. The van der Waals surface area contributed by atoms with Gasteiger partial charge in [-0.3, -0.25) is 0 Å². The van der Waals surface area contributed by atoms with E-state index in [2.05, 4.69) is 40.9 Å². The zero-order valence-electron chi connectivity index (χ0n) is 11.0. The summed E-state index contributed by atoms with van der Waals surface area (Å²) in [4.78, 5) is 1.65. The Bertz CT molecular complexity index is 415. The van der Waals surface area contributed by atoms with Crippen LogP contribution in [0.3, 0.4) is 0 Å². The molecule has 3 heteroatoms. The third kappa shape index (κ3) is 2.93. The lowest BCUT2D eigenvalue weighted by Gasteiger charge is -2.33. The van der Waals surface area contributed by atoms with Gasteiger partial charge in [-0.25, -0.2) is 0 Å². The van der Waals surface area contributed by atoms with E-state index < -0.39 is 0 Å². The maximum atomic E-state index is 3.96. The Morgan fingerprint density at radius 2 is 2.17 bits per heavy atom. The molecular formula is C15H22INS.